The number of alkyl halides is 3. The topological polar surface area (TPSA) is 64.3 Å². The molecular weight excluding hydrogens is 419 g/mol. The zero-order valence-electron chi connectivity index (χ0n) is 19.0. The number of aromatic amines is 1. The summed E-state index contributed by atoms with van der Waals surface area (Å²) in [6, 6.07) is 4.19. The van der Waals surface area contributed by atoms with Crippen molar-refractivity contribution in [1.82, 2.24) is 25.1 Å². The van der Waals surface area contributed by atoms with Crippen molar-refractivity contribution in [1.29, 1.82) is 0 Å². The van der Waals surface area contributed by atoms with Crippen LogP contribution in [0.15, 0.2) is 30.7 Å². The fraction of sp³-hybridized carbons (Fsp3) is 0.565. The van der Waals surface area contributed by atoms with E-state index in [-0.39, 0.29) is 23.7 Å². The summed E-state index contributed by atoms with van der Waals surface area (Å²) >= 11 is 0. The Morgan fingerprint density at radius 2 is 2.00 bits per heavy atom. The number of rotatable bonds is 6. The second-order valence-corrected chi connectivity index (χ2v) is 8.85. The second-order valence-electron chi connectivity index (χ2n) is 8.85. The van der Waals surface area contributed by atoms with Gasteiger partial charge in [-0.2, -0.15) is 13.2 Å². The zero-order valence-corrected chi connectivity index (χ0v) is 19.0. The van der Waals surface area contributed by atoms with Gasteiger partial charge in [0, 0.05) is 38.9 Å². The van der Waals surface area contributed by atoms with E-state index in [9.17, 15) is 18.0 Å². The van der Waals surface area contributed by atoms with Gasteiger partial charge in [-0.15, -0.1) is 0 Å². The summed E-state index contributed by atoms with van der Waals surface area (Å²) in [6.07, 6.45) is 0.311. The van der Waals surface area contributed by atoms with Crippen LogP contribution in [0.2, 0.25) is 0 Å². The lowest BCUT2D eigenvalue weighted by Crippen LogP contribution is -2.51. The first-order valence-corrected chi connectivity index (χ1v) is 11.0. The van der Waals surface area contributed by atoms with E-state index in [0.29, 0.717) is 31.1 Å². The Labute approximate surface area is 187 Å². The Morgan fingerprint density at radius 1 is 1.31 bits per heavy atom. The van der Waals surface area contributed by atoms with E-state index in [1.54, 1.807) is 25.6 Å². The van der Waals surface area contributed by atoms with E-state index in [1.165, 1.54) is 19.1 Å². The van der Waals surface area contributed by atoms with Gasteiger partial charge in [0.05, 0.1) is 23.6 Å². The molecule has 1 aromatic heterocycles. The molecule has 2 aromatic rings. The van der Waals surface area contributed by atoms with Gasteiger partial charge in [-0.25, -0.2) is 9.78 Å². The normalized spacial score (nSPS) is 16.9. The highest BCUT2D eigenvalue weighted by Crippen LogP contribution is 2.37. The maximum Gasteiger partial charge on any atom is 0.416 e. The number of likely N-dealkylation sites (tertiary alicyclic amines) is 1. The largest absolute Gasteiger partial charge is 0.416 e. The van der Waals surface area contributed by atoms with Crippen molar-refractivity contribution >= 4 is 6.03 Å². The molecule has 32 heavy (non-hydrogen) atoms. The van der Waals surface area contributed by atoms with Crippen LogP contribution >= 0.6 is 0 Å². The van der Waals surface area contributed by atoms with Gasteiger partial charge in [-0.3, -0.25) is 4.90 Å². The molecule has 1 fully saturated rings. The van der Waals surface area contributed by atoms with Crippen LogP contribution in [0.1, 0.15) is 55.1 Å². The number of aryl methyl sites for hydroxylation is 1. The van der Waals surface area contributed by atoms with Gasteiger partial charge in [0.25, 0.3) is 0 Å². The van der Waals surface area contributed by atoms with Gasteiger partial charge < -0.3 is 15.2 Å². The summed E-state index contributed by atoms with van der Waals surface area (Å²) in [7, 11) is 1.63. The minimum Gasteiger partial charge on any atom is -0.347 e. The van der Waals surface area contributed by atoms with Crippen LogP contribution in [0.5, 0.6) is 0 Å². The smallest absolute Gasteiger partial charge is 0.347 e. The van der Waals surface area contributed by atoms with E-state index >= 15 is 0 Å². The van der Waals surface area contributed by atoms with Crippen LogP contribution in [-0.2, 0) is 6.18 Å². The van der Waals surface area contributed by atoms with Crippen molar-refractivity contribution in [2.45, 2.75) is 51.9 Å². The first kappa shape index (κ1) is 24.1. The number of carbonyl (C=O) groups excluding carboxylic acids is 1. The van der Waals surface area contributed by atoms with Gasteiger partial charge >= 0.3 is 12.2 Å². The molecular formula is C23H32F3N5O. The average Bonchev–Trinajstić information content (AvgIpc) is 3.27. The van der Waals surface area contributed by atoms with Crippen LogP contribution in [-0.4, -0.2) is 58.5 Å². The zero-order chi connectivity index (χ0) is 23.5. The highest BCUT2D eigenvalue weighted by atomic mass is 19.4. The summed E-state index contributed by atoms with van der Waals surface area (Å²) in [4.78, 5) is 23.7. The quantitative estimate of drug-likeness (QED) is 0.675. The molecule has 0 saturated carbocycles. The monoisotopic (exact) mass is 451 g/mol. The van der Waals surface area contributed by atoms with E-state index in [1.807, 2.05) is 4.90 Å². The number of amides is 2. The Balaban J connectivity index is 1.85. The Bertz CT molecular complexity index is 890. The molecule has 2 N–H and O–H groups in total. The van der Waals surface area contributed by atoms with Gasteiger partial charge in [0.15, 0.2) is 0 Å². The molecule has 2 amide bonds. The minimum absolute atomic E-state index is 0.0874. The predicted molar refractivity (Wildman–Crippen MR) is 117 cm³/mol. The lowest BCUT2D eigenvalue weighted by Gasteiger charge is -2.41. The summed E-state index contributed by atoms with van der Waals surface area (Å²) in [5, 5.41) is 2.73. The number of nitrogens with zero attached hydrogens (tertiary/aromatic N) is 3. The van der Waals surface area contributed by atoms with Crippen LogP contribution < -0.4 is 5.32 Å². The van der Waals surface area contributed by atoms with E-state index in [0.717, 1.165) is 18.5 Å². The summed E-state index contributed by atoms with van der Waals surface area (Å²) in [6.45, 7) is 7.63. The number of nitrogens with one attached hydrogen (secondary N) is 2. The highest BCUT2D eigenvalue weighted by Gasteiger charge is 2.36. The third-order valence-corrected chi connectivity index (χ3v) is 6.04. The maximum absolute atomic E-state index is 13.6. The maximum atomic E-state index is 13.6. The Kier molecular flexibility index (Phi) is 7.48. The molecule has 1 unspecified atom stereocenters. The highest BCUT2D eigenvalue weighted by molar-refractivity contribution is 5.74. The number of urea groups is 1. The van der Waals surface area contributed by atoms with Crippen LogP contribution in [0.4, 0.5) is 18.0 Å². The lowest BCUT2D eigenvalue weighted by atomic mass is 9.94. The molecule has 1 atom stereocenters. The summed E-state index contributed by atoms with van der Waals surface area (Å²) < 4.78 is 40.7. The van der Waals surface area contributed by atoms with Crippen molar-refractivity contribution in [2.75, 3.05) is 26.7 Å². The number of H-pyrrole nitrogens is 1. The summed E-state index contributed by atoms with van der Waals surface area (Å²) in [5.41, 5.74) is 0.928. The molecule has 3 rings (SSSR count). The lowest BCUT2D eigenvalue weighted by molar-refractivity contribution is -0.138. The molecule has 0 aliphatic carbocycles. The summed E-state index contributed by atoms with van der Waals surface area (Å²) in [5.74, 6) is 0.344. The van der Waals surface area contributed by atoms with Crippen molar-refractivity contribution in [3.8, 4) is 0 Å². The molecule has 0 radical (unpaired) electrons. The van der Waals surface area contributed by atoms with Crippen molar-refractivity contribution in [3.05, 3.63) is 53.1 Å². The molecule has 2 heterocycles. The number of hydrogen-bond acceptors (Lipinski definition) is 3. The SMILES string of the molecule is CNC(=O)N(CC(C)C)C1CCN(C(c2ccc(C)c(C(F)(F)F)c2)c2cnc[nH]2)CC1. The molecule has 1 aromatic carbocycles. The molecule has 1 saturated heterocycles. The van der Waals surface area contributed by atoms with Gasteiger partial charge in [0.2, 0.25) is 0 Å². The van der Waals surface area contributed by atoms with Gasteiger partial charge in [-0.05, 0) is 42.9 Å². The van der Waals surface area contributed by atoms with Crippen molar-refractivity contribution in [3.63, 3.8) is 0 Å². The minimum atomic E-state index is -4.41. The Hall–Kier alpha value is -2.55. The molecule has 0 spiro atoms. The third-order valence-electron chi connectivity index (χ3n) is 6.04. The van der Waals surface area contributed by atoms with E-state index < -0.39 is 11.7 Å². The Morgan fingerprint density at radius 3 is 2.53 bits per heavy atom. The molecule has 1 aliphatic heterocycles. The second kappa shape index (κ2) is 9.94. The number of benzene rings is 1. The fourth-order valence-electron chi connectivity index (χ4n) is 4.51. The van der Waals surface area contributed by atoms with E-state index in [2.05, 4.69) is 34.0 Å². The van der Waals surface area contributed by atoms with Gasteiger partial charge in [0.1, 0.15) is 0 Å². The first-order chi connectivity index (χ1) is 15.1. The first-order valence-electron chi connectivity index (χ1n) is 11.0. The molecule has 1 aliphatic rings. The third kappa shape index (κ3) is 5.43. The van der Waals surface area contributed by atoms with E-state index in [4.69, 9.17) is 0 Å². The standard InChI is InChI=1S/C23H32F3N5O/c1-15(2)13-31(22(32)27-4)18-7-9-30(10-8-18)21(20-12-28-14-29-20)17-6-5-16(3)19(11-17)23(24,25)26/h5-6,11-12,14-15,18,21H,7-10,13H2,1-4H3,(H,27,32)(H,28,29). The number of hydrogen-bond donors (Lipinski definition) is 2. The van der Waals surface area contributed by atoms with Gasteiger partial charge in [-0.1, -0.05) is 26.0 Å². The van der Waals surface area contributed by atoms with Crippen LogP contribution in [0, 0.1) is 12.8 Å². The number of piperidine rings is 1. The molecule has 6 nitrogen and oxygen atoms in total. The number of carbonyl (C=O) groups is 1. The fourth-order valence-corrected chi connectivity index (χ4v) is 4.51. The van der Waals surface area contributed by atoms with Crippen molar-refractivity contribution < 1.29 is 18.0 Å². The molecule has 9 heteroatoms. The van der Waals surface area contributed by atoms with Crippen LogP contribution in [0.3, 0.4) is 0 Å². The number of halogens is 3. The average molecular weight is 452 g/mol. The van der Waals surface area contributed by atoms with Crippen molar-refractivity contribution in [2.24, 2.45) is 5.92 Å². The molecule has 176 valence electrons. The van der Waals surface area contributed by atoms with Crippen LogP contribution in [0.25, 0.3) is 0 Å². The number of imidazole rings is 1. The predicted octanol–water partition coefficient (Wildman–Crippen LogP) is 4.59. The number of aromatic nitrogens is 2. The molecule has 0 bridgehead atoms.